The molecular formula is C14H20ClNO3. The number of nitrogens with one attached hydrogen (secondary N) is 1. The molecule has 0 aliphatic rings. The lowest BCUT2D eigenvalue weighted by Crippen LogP contribution is -2.32. The quantitative estimate of drug-likeness (QED) is 0.509. The Morgan fingerprint density at radius 1 is 1.42 bits per heavy atom. The van der Waals surface area contributed by atoms with Crippen LogP contribution in [0.15, 0.2) is 36.9 Å². The summed E-state index contributed by atoms with van der Waals surface area (Å²) in [4.78, 5) is 0. The topological polar surface area (TPSA) is 50.7 Å². The van der Waals surface area contributed by atoms with E-state index in [1.807, 2.05) is 18.2 Å². The lowest BCUT2D eigenvalue weighted by Gasteiger charge is -2.12. The first-order valence-electron chi connectivity index (χ1n) is 6.18. The van der Waals surface area contributed by atoms with Gasteiger partial charge in [-0.1, -0.05) is 29.8 Å². The predicted octanol–water partition coefficient (Wildman–Crippen LogP) is 1.87. The average Bonchev–Trinajstić information content (AvgIpc) is 2.41. The molecule has 0 radical (unpaired) electrons. The van der Waals surface area contributed by atoms with E-state index in [0.717, 1.165) is 0 Å². The van der Waals surface area contributed by atoms with Gasteiger partial charge in [0.25, 0.3) is 0 Å². The second kappa shape index (κ2) is 9.81. The highest BCUT2D eigenvalue weighted by Gasteiger charge is 2.03. The van der Waals surface area contributed by atoms with Gasteiger partial charge in [-0.05, 0) is 12.1 Å². The number of aliphatic hydroxyl groups excluding tert-OH is 1. The largest absolute Gasteiger partial charge is 0.491 e. The third kappa shape index (κ3) is 7.18. The fourth-order valence-corrected chi connectivity index (χ4v) is 1.60. The van der Waals surface area contributed by atoms with Crippen molar-refractivity contribution in [3.05, 3.63) is 41.9 Å². The summed E-state index contributed by atoms with van der Waals surface area (Å²) in [6.07, 6.45) is 1.12. The number of para-hydroxylation sites is 1. The molecule has 2 N–H and O–H groups in total. The van der Waals surface area contributed by atoms with Crippen LogP contribution < -0.4 is 10.1 Å². The van der Waals surface area contributed by atoms with Crippen LogP contribution in [0, 0.1) is 0 Å². The maximum Gasteiger partial charge on any atom is 0.137 e. The summed E-state index contributed by atoms with van der Waals surface area (Å²) in [5.41, 5.74) is 0. The number of hydrogen-bond donors (Lipinski definition) is 2. The van der Waals surface area contributed by atoms with Crippen LogP contribution in [-0.2, 0) is 4.74 Å². The minimum absolute atomic E-state index is 0.296. The van der Waals surface area contributed by atoms with Crippen molar-refractivity contribution in [2.75, 3.05) is 32.9 Å². The van der Waals surface area contributed by atoms with Crippen molar-refractivity contribution in [1.29, 1.82) is 0 Å². The molecule has 1 atom stereocenters. The summed E-state index contributed by atoms with van der Waals surface area (Å²) in [6, 6.07) is 7.33. The Morgan fingerprint density at radius 3 is 2.95 bits per heavy atom. The van der Waals surface area contributed by atoms with Crippen LogP contribution in [0.25, 0.3) is 0 Å². The van der Waals surface area contributed by atoms with E-state index in [-0.39, 0.29) is 0 Å². The number of benzene rings is 1. The molecule has 0 spiro atoms. The first kappa shape index (κ1) is 16.0. The molecule has 0 saturated carbocycles. The number of ether oxygens (including phenoxy) is 2. The zero-order chi connectivity index (χ0) is 13.9. The molecule has 1 aromatic rings. The molecule has 0 aliphatic carbocycles. The van der Waals surface area contributed by atoms with E-state index >= 15 is 0 Å². The predicted molar refractivity (Wildman–Crippen MR) is 76.8 cm³/mol. The van der Waals surface area contributed by atoms with Crippen LogP contribution in [-0.4, -0.2) is 44.1 Å². The van der Waals surface area contributed by atoms with Crippen LogP contribution in [0.3, 0.4) is 0 Å². The number of halogens is 1. The van der Waals surface area contributed by atoms with Crippen molar-refractivity contribution < 1.29 is 14.6 Å². The Balaban J connectivity index is 2.05. The Kier molecular flexibility index (Phi) is 8.25. The van der Waals surface area contributed by atoms with Gasteiger partial charge in [-0.15, -0.1) is 6.58 Å². The molecule has 1 rings (SSSR count). The van der Waals surface area contributed by atoms with E-state index in [0.29, 0.717) is 43.7 Å². The third-order valence-electron chi connectivity index (χ3n) is 2.30. The third-order valence-corrected chi connectivity index (χ3v) is 2.61. The minimum atomic E-state index is -0.528. The van der Waals surface area contributed by atoms with E-state index in [4.69, 9.17) is 21.1 Å². The van der Waals surface area contributed by atoms with E-state index < -0.39 is 6.10 Å². The molecule has 19 heavy (non-hydrogen) atoms. The van der Waals surface area contributed by atoms with Gasteiger partial charge in [0.2, 0.25) is 0 Å². The normalized spacial score (nSPS) is 12.1. The molecule has 4 nitrogen and oxygen atoms in total. The highest BCUT2D eigenvalue weighted by atomic mass is 35.5. The van der Waals surface area contributed by atoms with E-state index in [2.05, 4.69) is 11.9 Å². The van der Waals surface area contributed by atoms with Crippen molar-refractivity contribution in [3.63, 3.8) is 0 Å². The molecule has 0 saturated heterocycles. The Hall–Kier alpha value is -1.07. The van der Waals surface area contributed by atoms with Gasteiger partial charge in [0.05, 0.1) is 24.3 Å². The summed E-state index contributed by atoms with van der Waals surface area (Å²) in [5.74, 6) is 0.667. The van der Waals surface area contributed by atoms with Crippen LogP contribution in [0.1, 0.15) is 0 Å². The van der Waals surface area contributed by atoms with Gasteiger partial charge >= 0.3 is 0 Å². The van der Waals surface area contributed by atoms with Crippen molar-refractivity contribution in [2.24, 2.45) is 0 Å². The molecule has 0 heterocycles. The maximum atomic E-state index is 9.55. The molecule has 0 aliphatic heterocycles. The van der Waals surface area contributed by atoms with Gasteiger partial charge in [0, 0.05) is 13.1 Å². The first-order valence-corrected chi connectivity index (χ1v) is 6.56. The van der Waals surface area contributed by atoms with Crippen LogP contribution in [0.2, 0.25) is 5.02 Å². The van der Waals surface area contributed by atoms with E-state index in [1.54, 1.807) is 12.1 Å². The fourth-order valence-electron chi connectivity index (χ4n) is 1.41. The molecule has 5 heteroatoms. The van der Waals surface area contributed by atoms with E-state index in [9.17, 15) is 5.11 Å². The van der Waals surface area contributed by atoms with Gasteiger partial charge in [0.15, 0.2) is 0 Å². The van der Waals surface area contributed by atoms with Gasteiger partial charge in [0.1, 0.15) is 12.4 Å². The lowest BCUT2D eigenvalue weighted by molar-refractivity contribution is 0.0491. The Labute approximate surface area is 119 Å². The van der Waals surface area contributed by atoms with Crippen LogP contribution >= 0.6 is 11.6 Å². The van der Waals surface area contributed by atoms with Crippen molar-refractivity contribution in [1.82, 2.24) is 5.32 Å². The summed E-state index contributed by atoms with van der Waals surface area (Å²) in [5, 5.41) is 13.2. The molecule has 0 bridgehead atoms. The van der Waals surface area contributed by atoms with Gasteiger partial charge in [-0.3, -0.25) is 0 Å². The van der Waals surface area contributed by atoms with Crippen molar-refractivity contribution in [3.8, 4) is 5.75 Å². The summed E-state index contributed by atoms with van der Waals surface area (Å²) in [6.45, 7) is 5.86. The molecule has 0 unspecified atom stereocenters. The van der Waals surface area contributed by atoms with Crippen molar-refractivity contribution >= 4 is 11.6 Å². The highest BCUT2D eigenvalue weighted by Crippen LogP contribution is 2.22. The Morgan fingerprint density at radius 2 is 2.21 bits per heavy atom. The van der Waals surface area contributed by atoms with Gasteiger partial charge in [-0.25, -0.2) is 0 Å². The summed E-state index contributed by atoms with van der Waals surface area (Å²) < 4.78 is 10.6. The zero-order valence-electron chi connectivity index (χ0n) is 10.8. The smallest absolute Gasteiger partial charge is 0.137 e. The lowest BCUT2D eigenvalue weighted by atomic mass is 10.3. The number of rotatable bonds is 10. The average molecular weight is 286 g/mol. The maximum absolute atomic E-state index is 9.55. The minimum Gasteiger partial charge on any atom is -0.491 e. The Bertz CT molecular complexity index is 373. The molecule has 0 amide bonds. The second-order valence-corrected chi connectivity index (χ2v) is 4.37. The summed E-state index contributed by atoms with van der Waals surface area (Å²) >= 11 is 5.95. The SMILES string of the molecule is C=CCOC[C@H](O)CNCCOc1ccccc1Cl. The number of aliphatic hydroxyl groups is 1. The molecule has 0 fully saturated rings. The van der Waals surface area contributed by atoms with Gasteiger partial charge < -0.3 is 19.9 Å². The van der Waals surface area contributed by atoms with Gasteiger partial charge in [-0.2, -0.15) is 0 Å². The number of hydrogen-bond acceptors (Lipinski definition) is 4. The second-order valence-electron chi connectivity index (χ2n) is 3.96. The van der Waals surface area contributed by atoms with Crippen molar-refractivity contribution in [2.45, 2.75) is 6.10 Å². The molecule has 0 aromatic heterocycles. The molecule has 1 aromatic carbocycles. The fraction of sp³-hybridized carbons (Fsp3) is 0.429. The zero-order valence-corrected chi connectivity index (χ0v) is 11.6. The summed E-state index contributed by atoms with van der Waals surface area (Å²) in [7, 11) is 0. The first-order chi connectivity index (χ1) is 9.24. The van der Waals surface area contributed by atoms with Crippen LogP contribution in [0.4, 0.5) is 0 Å². The van der Waals surface area contributed by atoms with Crippen LogP contribution in [0.5, 0.6) is 5.75 Å². The standard InChI is InChI=1S/C14H20ClNO3/c1-2-8-18-11-12(17)10-16-7-9-19-14-6-4-3-5-13(14)15/h2-6,12,16-17H,1,7-11H2/t12-/m1/s1. The molecular weight excluding hydrogens is 266 g/mol. The molecule has 106 valence electrons. The highest BCUT2D eigenvalue weighted by molar-refractivity contribution is 6.32. The van der Waals surface area contributed by atoms with E-state index in [1.165, 1.54) is 0 Å². The monoisotopic (exact) mass is 285 g/mol.